The average molecular weight is 635 g/mol. The molecule has 3 rings (SSSR count). The van der Waals surface area contributed by atoms with Crippen LogP contribution in [0.1, 0.15) is 18.1 Å². The van der Waals surface area contributed by atoms with E-state index in [2.05, 4.69) is 0 Å². The minimum Gasteiger partial charge on any atom is -0.494 e. The Balaban J connectivity index is 2.38. The molecule has 0 saturated heterocycles. The maximum atomic E-state index is 14.9. The summed E-state index contributed by atoms with van der Waals surface area (Å²) in [4.78, 5) is -0.526. The fourth-order valence-electron chi connectivity index (χ4n) is 3.57. The third kappa shape index (κ3) is 5.63. The minimum absolute atomic E-state index is 0.165. The van der Waals surface area contributed by atoms with Crippen molar-refractivity contribution in [2.45, 2.75) is 58.7 Å². The van der Waals surface area contributed by atoms with Crippen LogP contribution < -0.4 is 4.74 Å². The summed E-state index contributed by atoms with van der Waals surface area (Å²) in [7, 11) is -11.3. The number of benzene rings is 3. The molecule has 0 saturated carbocycles. The van der Waals surface area contributed by atoms with Crippen LogP contribution in [-0.2, 0) is 13.7 Å². The number of hydrogen-bond acceptors (Lipinski definition) is 4. The highest BCUT2D eigenvalue weighted by Gasteiger charge is 2.86. The van der Waals surface area contributed by atoms with E-state index in [1.54, 1.807) is 20.8 Å². The summed E-state index contributed by atoms with van der Waals surface area (Å²) in [6, 6.07) is 15.6. The van der Waals surface area contributed by atoms with Crippen molar-refractivity contribution in [3.8, 4) is 5.75 Å². The van der Waals surface area contributed by atoms with Gasteiger partial charge in [0, 0.05) is 14.7 Å². The van der Waals surface area contributed by atoms with Gasteiger partial charge in [-0.2, -0.15) is 47.9 Å². The highest BCUT2D eigenvalue weighted by molar-refractivity contribution is 8.33. The average Bonchev–Trinajstić information content (AvgIpc) is 2.88. The molecule has 0 N–H and O–H groups in total. The summed E-state index contributed by atoms with van der Waals surface area (Å²) in [5.74, 6) is -14.7. The molecule has 0 radical (unpaired) electrons. The summed E-state index contributed by atoms with van der Waals surface area (Å²) >= 11 is 0. The summed E-state index contributed by atoms with van der Waals surface area (Å²) in [6.07, 6.45) is -7.22. The predicted octanol–water partition coefficient (Wildman–Crippen LogP) is 8.67. The van der Waals surface area contributed by atoms with E-state index >= 15 is 0 Å². The molecule has 0 amide bonds. The number of aryl methyl sites for hydroxylation is 2. The summed E-state index contributed by atoms with van der Waals surface area (Å²) < 4.78 is 160. The van der Waals surface area contributed by atoms with Crippen molar-refractivity contribution in [1.82, 2.24) is 0 Å². The first-order chi connectivity index (χ1) is 18.7. The highest BCUT2D eigenvalue weighted by Crippen LogP contribution is 2.71. The first-order valence-corrected chi connectivity index (χ1v) is 14.6. The third-order valence-electron chi connectivity index (χ3n) is 5.79. The molecule has 226 valence electrons. The lowest BCUT2D eigenvalue weighted by Gasteiger charge is -2.41. The Morgan fingerprint density at radius 1 is 0.610 bits per heavy atom. The topological polar surface area (TPSA) is 52.6 Å². The molecule has 0 spiro atoms. The van der Waals surface area contributed by atoms with E-state index in [4.69, 9.17) is 8.37 Å². The zero-order chi connectivity index (χ0) is 31.1. The third-order valence-corrected chi connectivity index (χ3v) is 11.0. The molecule has 0 bridgehead atoms. The van der Waals surface area contributed by atoms with Crippen LogP contribution in [0, 0.1) is 13.8 Å². The Labute approximate surface area is 231 Å². The minimum atomic E-state index is -7.46. The van der Waals surface area contributed by atoms with Gasteiger partial charge < -0.3 is 4.74 Å². The van der Waals surface area contributed by atoms with Gasteiger partial charge in [-0.1, -0.05) is 35.4 Å². The molecule has 0 heterocycles. The lowest BCUT2D eigenvalue weighted by molar-refractivity contribution is -0.382. The monoisotopic (exact) mass is 634 g/mol. The Bertz CT molecular complexity index is 1410. The van der Waals surface area contributed by atoms with Gasteiger partial charge >= 0.3 is 33.4 Å². The van der Waals surface area contributed by atoms with E-state index in [-0.39, 0.29) is 27.0 Å². The van der Waals surface area contributed by atoms with Crippen LogP contribution in [0.3, 0.4) is 0 Å². The smallest absolute Gasteiger partial charge is 0.460 e. The Hall–Kier alpha value is -2.91. The number of ether oxygens (including phenoxy) is 1. The summed E-state index contributed by atoms with van der Waals surface area (Å²) in [5.41, 5.74) is 1.20. The van der Waals surface area contributed by atoms with Gasteiger partial charge in [0.15, 0.2) is 0 Å². The van der Waals surface area contributed by atoms with Crippen molar-refractivity contribution in [3.05, 3.63) is 83.9 Å². The predicted molar refractivity (Wildman–Crippen MR) is 133 cm³/mol. The molecule has 0 unspecified atom stereocenters. The maximum Gasteiger partial charge on any atom is 0.460 e. The van der Waals surface area contributed by atoms with Crippen LogP contribution in [0.5, 0.6) is 5.75 Å². The van der Waals surface area contributed by atoms with E-state index in [0.29, 0.717) is 11.1 Å². The summed E-state index contributed by atoms with van der Waals surface area (Å²) in [6.45, 7) is 5.09. The van der Waals surface area contributed by atoms with Crippen molar-refractivity contribution in [3.63, 3.8) is 0 Å². The molecule has 3 aromatic rings. The van der Waals surface area contributed by atoms with Crippen LogP contribution in [0.2, 0.25) is 0 Å². The van der Waals surface area contributed by atoms with Gasteiger partial charge in [-0.25, -0.2) is 3.63 Å². The van der Waals surface area contributed by atoms with Gasteiger partial charge in [-0.05, 0) is 79.6 Å². The van der Waals surface area contributed by atoms with E-state index < -0.39 is 43.7 Å². The molecule has 41 heavy (non-hydrogen) atoms. The van der Waals surface area contributed by atoms with Gasteiger partial charge in [0.2, 0.25) is 0 Å². The van der Waals surface area contributed by atoms with E-state index in [1.165, 1.54) is 72.8 Å². The lowest BCUT2D eigenvalue weighted by atomic mass is 10.1. The second-order valence-corrected chi connectivity index (χ2v) is 13.3. The standard InChI is InChI=1S/C26H23F9O4S2/c1-4-38-19-9-15-22(16-10-19)40(20-11-5-17(2)6-12-20,21-13-7-18(3)8-14-21)39-41(36,37)26(34,35)24(29,30)23(27,28)25(31,32)33/h5-16H,4H2,1-3H3. The molecular weight excluding hydrogens is 611 g/mol. The molecule has 0 atom stereocenters. The van der Waals surface area contributed by atoms with Crippen LogP contribution in [0.25, 0.3) is 0 Å². The zero-order valence-electron chi connectivity index (χ0n) is 21.5. The molecule has 0 aliphatic carbocycles. The zero-order valence-corrected chi connectivity index (χ0v) is 23.1. The quantitative estimate of drug-likeness (QED) is 0.210. The Morgan fingerprint density at radius 3 is 1.32 bits per heavy atom. The van der Waals surface area contributed by atoms with E-state index in [0.717, 1.165) is 0 Å². The van der Waals surface area contributed by atoms with Gasteiger partial charge in [0.1, 0.15) is 5.75 Å². The molecule has 4 nitrogen and oxygen atoms in total. The van der Waals surface area contributed by atoms with Crippen molar-refractivity contribution in [2.24, 2.45) is 0 Å². The second kappa shape index (κ2) is 11.1. The Kier molecular flexibility index (Phi) is 8.79. The van der Waals surface area contributed by atoms with Crippen LogP contribution >= 0.6 is 10.3 Å². The second-order valence-electron chi connectivity index (χ2n) is 8.77. The van der Waals surface area contributed by atoms with Crippen LogP contribution in [0.4, 0.5) is 39.5 Å². The molecule has 15 heteroatoms. The molecule has 3 aromatic carbocycles. The fourth-order valence-corrected chi connectivity index (χ4v) is 8.75. The van der Waals surface area contributed by atoms with Gasteiger partial charge in [0.05, 0.1) is 6.61 Å². The van der Waals surface area contributed by atoms with Gasteiger partial charge in [-0.3, -0.25) is 0 Å². The van der Waals surface area contributed by atoms with Gasteiger partial charge in [-0.15, -0.1) is 0 Å². The van der Waals surface area contributed by atoms with E-state index in [1.807, 2.05) is 0 Å². The highest BCUT2D eigenvalue weighted by atomic mass is 32.3. The van der Waals surface area contributed by atoms with E-state index in [9.17, 15) is 47.9 Å². The molecule has 0 aliphatic heterocycles. The molecule has 0 aliphatic rings. The number of alkyl halides is 9. The first-order valence-electron chi connectivity index (χ1n) is 11.6. The number of halogens is 9. The normalized spacial score (nSPS) is 14.1. The van der Waals surface area contributed by atoms with Gasteiger partial charge in [0.25, 0.3) is 0 Å². The number of rotatable bonds is 10. The van der Waals surface area contributed by atoms with Crippen LogP contribution in [-0.4, -0.2) is 38.3 Å². The fraction of sp³-hybridized carbons (Fsp3) is 0.308. The molecule has 0 fully saturated rings. The van der Waals surface area contributed by atoms with Crippen molar-refractivity contribution in [2.75, 3.05) is 6.61 Å². The Morgan fingerprint density at radius 2 is 0.976 bits per heavy atom. The van der Waals surface area contributed by atoms with Crippen molar-refractivity contribution < 1.29 is 56.3 Å². The first kappa shape index (κ1) is 32.6. The summed E-state index contributed by atoms with van der Waals surface area (Å²) in [5, 5.41) is -7.04. The largest absolute Gasteiger partial charge is 0.494 e. The van der Waals surface area contributed by atoms with Crippen molar-refractivity contribution >= 4 is 20.4 Å². The number of hydrogen-bond donors (Lipinski definition) is 0. The van der Waals surface area contributed by atoms with Crippen molar-refractivity contribution in [1.29, 1.82) is 0 Å². The van der Waals surface area contributed by atoms with Crippen LogP contribution in [0.15, 0.2) is 87.5 Å². The molecular formula is C26H23F9O4S2. The SMILES string of the molecule is CCOc1ccc(S(OS(=O)(=O)C(F)(F)C(F)(F)C(F)(F)C(F)(F)F)(c2ccc(C)cc2)c2ccc(C)cc2)cc1. The lowest BCUT2D eigenvalue weighted by Crippen LogP contribution is -2.63. The molecule has 0 aromatic heterocycles. The maximum absolute atomic E-state index is 14.9.